The van der Waals surface area contributed by atoms with Gasteiger partial charge in [-0.3, -0.25) is 9.78 Å². The number of hydrogen-bond donors (Lipinski definition) is 3. The highest BCUT2D eigenvalue weighted by molar-refractivity contribution is 9.10. The Kier molecular flexibility index (Phi) is 4.21. The highest BCUT2D eigenvalue weighted by Gasteiger charge is 2.06. The van der Waals surface area contributed by atoms with Crippen LogP contribution in [0.3, 0.4) is 0 Å². The van der Waals surface area contributed by atoms with Crippen LogP contribution in [0.25, 0.3) is 10.9 Å². The second-order valence-corrected chi connectivity index (χ2v) is 5.08. The summed E-state index contributed by atoms with van der Waals surface area (Å²) in [6.07, 6.45) is 1.64. The van der Waals surface area contributed by atoms with Crippen LogP contribution < -0.4 is 16.4 Å². The summed E-state index contributed by atoms with van der Waals surface area (Å²) in [6, 6.07) is 5.84. The number of carbonyl (C=O) groups is 1. The predicted octanol–water partition coefficient (Wildman–Crippen LogP) is 2.13. The van der Waals surface area contributed by atoms with Gasteiger partial charge in [0, 0.05) is 29.9 Å². The maximum Gasteiger partial charge on any atom is 0.216 e. The number of halogens is 1. The lowest BCUT2D eigenvalue weighted by molar-refractivity contribution is -0.118. The molecule has 1 amide bonds. The molecule has 0 saturated heterocycles. The van der Waals surface area contributed by atoms with Crippen LogP contribution in [0.4, 0.5) is 11.4 Å². The molecule has 0 saturated carbocycles. The molecule has 0 radical (unpaired) electrons. The van der Waals surface area contributed by atoms with Gasteiger partial charge in [-0.15, -0.1) is 0 Å². The summed E-state index contributed by atoms with van der Waals surface area (Å²) in [5.74, 6) is -0.0443. The van der Waals surface area contributed by atoms with Crippen LogP contribution >= 0.6 is 15.9 Å². The standard InChI is InChI=1S/C13H15BrN4O/c1-8(19)16-4-5-17-13-10-6-9(14)2-3-12(10)18-7-11(13)15/h2-3,6-7H,4-5,15H2,1H3,(H,16,19)(H,17,18). The molecule has 0 fully saturated rings. The average Bonchev–Trinajstić information content (AvgIpc) is 2.36. The fraction of sp³-hybridized carbons (Fsp3) is 0.231. The smallest absolute Gasteiger partial charge is 0.216 e. The first-order valence-electron chi connectivity index (χ1n) is 5.90. The van der Waals surface area contributed by atoms with Gasteiger partial charge >= 0.3 is 0 Å². The Bertz CT molecular complexity index is 610. The number of aromatic nitrogens is 1. The normalized spacial score (nSPS) is 10.4. The molecule has 0 aliphatic heterocycles. The third-order valence-corrected chi connectivity index (χ3v) is 3.15. The van der Waals surface area contributed by atoms with Gasteiger partial charge in [-0.05, 0) is 18.2 Å². The molecule has 0 spiro atoms. The van der Waals surface area contributed by atoms with E-state index in [-0.39, 0.29) is 5.91 Å². The molecular weight excluding hydrogens is 308 g/mol. The Morgan fingerprint density at radius 3 is 2.95 bits per heavy atom. The summed E-state index contributed by atoms with van der Waals surface area (Å²) in [6.45, 7) is 2.65. The van der Waals surface area contributed by atoms with E-state index in [2.05, 4.69) is 31.5 Å². The first-order valence-corrected chi connectivity index (χ1v) is 6.69. The number of pyridine rings is 1. The van der Waals surface area contributed by atoms with E-state index in [9.17, 15) is 4.79 Å². The van der Waals surface area contributed by atoms with Crippen molar-refractivity contribution >= 4 is 44.1 Å². The fourth-order valence-corrected chi connectivity index (χ4v) is 2.16. The minimum absolute atomic E-state index is 0.0443. The maximum atomic E-state index is 10.8. The van der Waals surface area contributed by atoms with E-state index in [0.717, 1.165) is 21.1 Å². The second kappa shape index (κ2) is 5.88. The van der Waals surface area contributed by atoms with Gasteiger partial charge in [-0.2, -0.15) is 0 Å². The van der Waals surface area contributed by atoms with Gasteiger partial charge in [-0.25, -0.2) is 0 Å². The molecule has 4 N–H and O–H groups in total. The number of benzene rings is 1. The lowest BCUT2D eigenvalue weighted by Crippen LogP contribution is -2.26. The molecule has 1 aromatic heterocycles. The number of rotatable bonds is 4. The summed E-state index contributed by atoms with van der Waals surface area (Å²) in [7, 11) is 0. The first-order chi connectivity index (χ1) is 9.08. The summed E-state index contributed by atoms with van der Waals surface area (Å²) in [5, 5.41) is 6.92. The fourth-order valence-electron chi connectivity index (χ4n) is 1.80. The number of hydrogen-bond acceptors (Lipinski definition) is 4. The van der Waals surface area contributed by atoms with Crippen molar-refractivity contribution in [2.45, 2.75) is 6.92 Å². The number of nitrogens with two attached hydrogens (primary N) is 1. The number of fused-ring (bicyclic) bond motifs is 1. The number of nitrogens with zero attached hydrogens (tertiary/aromatic N) is 1. The van der Waals surface area contributed by atoms with Gasteiger partial charge in [0.15, 0.2) is 0 Å². The van der Waals surface area contributed by atoms with Crippen molar-refractivity contribution in [1.82, 2.24) is 10.3 Å². The maximum absolute atomic E-state index is 10.8. The van der Waals surface area contributed by atoms with E-state index in [0.29, 0.717) is 18.8 Å². The van der Waals surface area contributed by atoms with Gasteiger partial charge in [0.05, 0.1) is 23.1 Å². The van der Waals surface area contributed by atoms with E-state index in [1.54, 1.807) is 6.20 Å². The Hall–Kier alpha value is -1.82. The molecule has 0 aliphatic rings. The van der Waals surface area contributed by atoms with Crippen LogP contribution in [0.15, 0.2) is 28.9 Å². The number of amides is 1. The van der Waals surface area contributed by atoms with Crippen LogP contribution in [0.5, 0.6) is 0 Å². The number of carbonyl (C=O) groups excluding carboxylic acids is 1. The molecule has 0 atom stereocenters. The van der Waals surface area contributed by atoms with E-state index in [4.69, 9.17) is 5.73 Å². The van der Waals surface area contributed by atoms with Crippen molar-refractivity contribution in [3.63, 3.8) is 0 Å². The van der Waals surface area contributed by atoms with E-state index in [1.165, 1.54) is 6.92 Å². The van der Waals surface area contributed by atoms with Gasteiger partial charge in [0.2, 0.25) is 5.91 Å². The number of nitrogen functional groups attached to an aromatic ring is 1. The van der Waals surface area contributed by atoms with Gasteiger partial charge in [0.1, 0.15) is 0 Å². The minimum Gasteiger partial charge on any atom is -0.396 e. The molecule has 2 aromatic rings. The quantitative estimate of drug-likeness (QED) is 0.753. The first kappa shape index (κ1) is 13.6. The molecular formula is C13H15BrN4O. The Balaban J connectivity index is 2.23. The molecule has 1 heterocycles. The summed E-state index contributed by atoms with van der Waals surface area (Å²) >= 11 is 3.44. The van der Waals surface area contributed by atoms with Crippen molar-refractivity contribution in [2.24, 2.45) is 0 Å². The molecule has 2 rings (SSSR count). The monoisotopic (exact) mass is 322 g/mol. The van der Waals surface area contributed by atoms with Crippen molar-refractivity contribution < 1.29 is 4.79 Å². The van der Waals surface area contributed by atoms with E-state index >= 15 is 0 Å². The van der Waals surface area contributed by atoms with Crippen LogP contribution in [0, 0.1) is 0 Å². The third-order valence-electron chi connectivity index (χ3n) is 2.66. The number of anilines is 2. The minimum atomic E-state index is -0.0443. The molecule has 1 aromatic carbocycles. The lowest BCUT2D eigenvalue weighted by atomic mass is 10.1. The van der Waals surface area contributed by atoms with Crippen LogP contribution in [0.1, 0.15) is 6.92 Å². The lowest BCUT2D eigenvalue weighted by Gasteiger charge is -2.12. The predicted molar refractivity (Wildman–Crippen MR) is 81.0 cm³/mol. The van der Waals surface area contributed by atoms with Crippen LogP contribution in [0.2, 0.25) is 0 Å². The highest BCUT2D eigenvalue weighted by Crippen LogP contribution is 2.29. The molecule has 5 nitrogen and oxygen atoms in total. The number of nitrogens with one attached hydrogen (secondary N) is 2. The Labute approximate surface area is 119 Å². The van der Waals surface area contributed by atoms with E-state index < -0.39 is 0 Å². The highest BCUT2D eigenvalue weighted by atomic mass is 79.9. The zero-order valence-corrected chi connectivity index (χ0v) is 12.1. The Morgan fingerprint density at radius 2 is 2.21 bits per heavy atom. The molecule has 0 bridgehead atoms. The summed E-state index contributed by atoms with van der Waals surface area (Å²) in [5.41, 5.74) is 8.26. The van der Waals surface area contributed by atoms with Gasteiger partial charge in [0.25, 0.3) is 0 Å². The zero-order valence-electron chi connectivity index (χ0n) is 10.5. The summed E-state index contributed by atoms with van der Waals surface area (Å²) < 4.78 is 0.970. The van der Waals surface area contributed by atoms with Gasteiger partial charge < -0.3 is 16.4 Å². The largest absolute Gasteiger partial charge is 0.396 e. The summed E-state index contributed by atoms with van der Waals surface area (Å²) in [4.78, 5) is 15.1. The molecule has 0 aliphatic carbocycles. The SMILES string of the molecule is CC(=O)NCCNc1c(N)cnc2ccc(Br)cc12. The molecule has 6 heteroatoms. The molecule has 0 unspecified atom stereocenters. The average molecular weight is 323 g/mol. The van der Waals surface area contributed by atoms with Crippen molar-refractivity contribution in [1.29, 1.82) is 0 Å². The van der Waals surface area contributed by atoms with Crippen molar-refractivity contribution in [3.05, 3.63) is 28.9 Å². The Morgan fingerprint density at radius 1 is 1.42 bits per heavy atom. The molecule has 100 valence electrons. The zero-order chi connectivity index (χ0) is 13.8. The van der Waals surface area contributed by atoms with Crippen molar-refractivity contribution in [3.8, 4) is 0 Å². The van der Waals surface area contributed by atoms with Crippen LogP contribution in [-0.4, -0.2) is 24.0 Å². The van der Waals surface area contributed by atoms with Gasteiger partial charge in [-0.1, -0.05) is 15.9 Å². The van der Waals surface area contributed by atoms with Crippen molar-refractivity contribution in [2.75, 3.05) is 24.1 Å². The van der Waals surface area contributed by atoms with Crippen LogP contribution in [-0.2, 0) is 4.79 Å². The topological polar surface area (TPSA) is 80.0 Å². The second-order valence-electron chi connectivity index (χ2n) is 4.16. The van der Waals surface area contributed by atoms with E-state index in [1.807, 2.05) is 18.2 Å². The third kappa shape index (κ3) is 3.35. The molecule has 19 heavy (non-hydrogen) atoms.